The van der Waals surface area contributed by atoms with Gasteiger partial charge in [-0.15, -0.1) is 29.3 Å². The molecule has 0 radical (unpaired) electrons. The van der Waals surface area contributed by atoms with Crippen molar-refractivity contribution in [1.82, 2.24) is 14.5 Å². The molecule has 334 valence electrons. The molecule has 0 amide bonds. The zero-order chi connectivity index (χ0) is 52.7. The van der Waals surface area contributed by atoms with E-state index in [-0.39, 0.29) is 60.9 Å². The topological polar surface area (TPSA) is 50.9 Å². The van der Waals surface area contributed by atoms with Gasteiger partial charge in [-0.1, -0.05) is 189 Å². The summed E-state index contributed by atoms with van der Waals surface area (Å²) in [7, 11) is 0. The molecule has 66 heavy (non-hydrogen) atoms. The van der Waals surface area contributed by atoms with Crippen LogP contribution in [-0.4, -0.2) is 19.6 Å². The average molecular weight is 1050 g/mol. The van der Waals surface area contributed by atoms with Crippen LogP contribution in [0.3, 0.4) is 0 Å². The predicted molar refractivity (Wildman–Crippen MR) is 273 cm³/mol. The summed E-state index contributed by atoms with van der Waals surface area (Å²) in [5.41, 5.74) is 10.3. The zero-order valence-electron chi connectivity index (χ0n) is 46.8. The van der Waals surface area contributed by atoms with E-state index in [4.69, 9.17) is 20.9 Å². The number of hydrogen-bond acceptors (Lipinski definition) is 3. The minimum atomic E-state index is -2.54. The van der Waals surface area contributed by atoms with E-state index in [0.29, 0.717) is 61.6 Å². The number of benzene rings is 7. The second-order valence-electron chi connectivity index (χ2n) is 19.9. The van der Waals surface area contributed by atoms with Crippen molar-refractivity contribution in [3.8, 4) is 78.6 Å². The molecule has 7 aromatic carbocycles. The summed E-state index contributed by atoms with van der Waals surface area (Å²) in [6, 6.07) is 42.5. The van der Waals surface area contributed by atoms with E-state index in [1.807, 2.05) is 116 Å². The minimum Gasteiger partial charge on any atom is -0.507 e. The van der Waals surface area contributed by atoms with Gasteiger partial charge in [-0.05, 0) is 97.9 Å². The van der Waals surface area contributed by atoms with Gasteiger partial charge in [-0.3, -0.25) is 9.55 Å². The van der Waals surface area contributed by atoms with Gasteiger partial charge in [0.25, 0.3) is 0 Å². The van der Waals surface area contributed by atoms with Crippen molar-refractivity contribution in [1.29, 1.82) is 0 Å². The molecule has 9 aromatic rings. The first kappa shape index (κ1) is 36.8. The molecule has 0 aliphatic rings. The van der Waals surface area contributed by atoms with Crippen LogP contribution in [0.4, 0.5) is 0 Å². The molecule has 2 aromatic heterocycles. The molecule has 4 nitrogen and oxygen atoms in total. The number of aryl methyl sites for hydroxylation is 1. The van der Waals surface area contributed by atoms with Crippen molar-refractivity contribution in [2.24, 2.45) is 0 Å². The molecule has 0 aliphatic heterocycles. The Morgan fingerprint density at radius 1 is 0.576 bits per heavy atom. The first-order valence-corrected chi connectivity index (χ1v) is 22.1. The third-order valence-electron chi connectivity index (χ3n) is 12.1. The number of imidazole rings is 1. The third-order valence-corrected chi connectivity index (χ3v) is 12.1. The summed E-state index contributed by atoms with van der Waals surface area (Å²) >= 11 is 0. The number of phenolic OH excluding ortho intramolecular Hbond substituents is 1. The average Bonchev–Trinajstić information content (AvgIpc) is 3.73. The first-order chi connectivity index (χ1) is 34.2. The van der Waals surface area contributed by atoms with E-state index in [0.717, 1.165) is 33.4 Å². The van der Waals surface area contributed by atoms with E-state index in [1.165, 1.54) is 0 Å². The molecule has 0 fully saturated rings. The number of phenols is 1. The molecule has 0 saturated carbocycles. The van der Waals surface area contributed by atoms with Crippen molar-refractivity contribution in [3.05, 3.63) is 192 Å². The largest absolute Gasteiger partial charge is 0.507 e. The Morgan fingerprint density at radius 3 is 1.92 bits per heavy atom. The summed E-state index contributed by atoms with van der Waals surface area (Å²) in [6.07, 6.45) is 1.57. The van der Waals surface area contributed by atoms with Gasteiger partial charge in [0, 0.05) is 42.6 Å². The Balaban J connectivity index is 0.00000729. The molecule has 0 saturated heterocycles. The summed E-state index contributed by atoms with van der Waals surface area (Å²) in [5.74, 6) is 0.469. The molecule has 1 N–H and O–H groups in total. The molecular formula is C61H58N3OPt-. The van der Waals surface area contributed by atoms with Gasteiger partial charge in [0.2, 0.25) is 0 Å². The molecule has 0 atom stereocenters. The molecule has 0 bridgehead atoms. The van der Waals surface area contributed by atoms with E-state index >= 15 is 0 Å². The standard InChI is InChI=1S/C61H58N3O.Pt/c1-39-33-55(51(41-21-15-12-16-22-41)38-50(39)42-27-29-46(30-28-42)59(2,3)4)64-54-26-18-23-48(56(54)63-58(64)49-24-17-25-52(57(49)65)61(8,9)10)44-34-45(36-47(35-44)60(5,6)7)53-37-43(31-32-62-53)40-19-13-11-14-20-40;/h11-33,35-38,65H,1-10H3;/q-1;/i1D3,11D,13D,14D,19D,20D;. The summed E-state index contributed by atoms with van der Waals surface area (Å²) in [6.45, 7) is 16.4. The zero-order valence-corrected chi connectivity index (χ0v) is 41.1. The van der Waals surface area contributed by atoms with Crippen molar-refractivity contribution in [2.45, 2.75) is 85.4 Å². The second kappa shape index (κ2) is 17.8. The Morgan fingerprint density at radius 2 is 1.24 bits per heavy atom. The summed E-state index contributed by atoms with van der Waals surface area (Å²) < 4.78 is 71.4. The Kier molecular flexibility index (Phi) is 9.93. The fourth-order valence-electron chi connectivity index (χ4n) is 8.49. The Hall–Kier alpha value is -6.35. The number of hydrogen-bond donors (Lipinski definition) is 1. The van der Waals surface area contributed by atoms with Crippen LogP contribution in [0.15, 0.2) is 164 Å². The number of aromatic hydroxyl groups is 1. The van der Waals surface area contributed by atoms with Crippen LogP contribution in [0, 0.1) is 12.9 Å². The summed E-state index contributed by atoms with van der Waals surface area (Å²) in [4.78, 5) is 10.2. The normalized spacial score (nSPS) is 14.0. The van der Waals surface area contributed by atoms with Crippen LogP contribution >= 0.6 is 0 Å². The SMILES string of the molecule is [2H]c1c([2H])c([2H])c(-c2ccnc(-c3[c-]c(-c4cccc5c4nc(-c4cccc(C(C)(C)C)c4O)n5-c4cc(C([2H])([2H])[2H])c(-c5ccc(C(C)(C)C)cc5)cc4-c4ccccc4)cc(C(C)(C)C)c3)c2)c([2H])c1[2H].[Pt]. The van der Waals surface area contributed by atoms with Gasteiger partial charge >= 0.3 is 0 Å². The van der Waals surface area contributed by atoms with Crippen LogP contribution in [0.1, 0.15) is 95.5 Å². The quantitative estimate of drug-likeness (QED) is 0.162. The van der Waals surface area contributed by atoms with Crippen LogP contribution in [0.5, 0.6) is 5.75 Å². The van der Waals surface area contributed by atoms with Crippen molar-refractivity contribution < 1.29 is 37.1 Å². The molecule has 9 rings (SSSR count). The molecule has 0 aliphatic carbocycles. The third kappa shape index (κ3) is 8.97. The Bertz CT molecular complexity index is 3590. The van der Waals surface area contributed by atoms with E-state index in [2.05, 4.69) is 65.8 Å². The monoisotopic (exact) mass is 1050 g/mol. The van der Waals surface area contributed by atoms with Gasteiger partial charge < -0.3 is 5.11 Å². The van der Waals surface area contributed by atoms with Crippen molar-refractivity contribution >= 4 is 11.0 Å². The van der Waals surface area contributed by atoms with E-state index < -0.39 is 30.4 Å². The van der Waals surface area contributed by atoms with Crippen molar-refractivity contribution in [2.75, 3.05) is 0 Å². The van der Waals surface area contributed by atoms with Gasteiger partial charge in [0.1, 0.15) is 11.6 Å². The number of fused-ring (bicyclic) bond motifs is 1. The smallest absolute Gasteiger partial charge is 0.148 e. The molecule has 0 spiro atoms. The molecular weight excluding hydrogens is 986 g/mol. The maximum Gasteiger partial charge on any atom is 0.148 e. The number of rotatable bonds is 7. The van der Waals surface area contributed by atoms with E-state index in [1.54, 1.807) is 24.4 Å². The fourth-order valence-corrected chi connectivity index (χ4v) is 8.49. The van der Waals surface area contributed by atoms with E-state index in [9.17, 15) is 5.11 Å². The van der Waals surface area contributed by atoms with Gasteiger partial charge in [-0.2, -0.15) is 0 Å². The molecule has 2 heterocycles. The van der Waals surface area contributed by atoms with Crippen LogP contribution in [-0.2, 0) is 37.3 Å². The molecule has 5 heteroatoms. The number of para-hydroxylation sites is 2. The van der Waals surface area contributed by atoms with Crippen LogP contribution in [0.25, 0.3) is 83.9 Å². The van der Waals surface area contributed by atoms with Crippen LogP contribution in [0.2, 0.25) is 0 Å². The van der Waals surface area contributed by atoms with Gasteiger partial charge in [0.05, 0.1) is 29.1 Å². The van der Waals surface area contributed by atoms with Gasteiger partial charge in [-0.25, -0.2) is 4.98 Å². The fraction of sp³-hybridized carbons (Fsp3) is 0.213. The number of pyridine rings is 1. The maximum absolute atomic E-state index is 12.4. The Labute approximate surface area is 417 Å². The predicted octanol–water partition coefficient (Wildman–Crippen LogP) is 16.1. The first-order valence-electron chi connectivity index (χ1n) is 26.1. The molecule has 0 unspecified atom stereocenters. The van der Waals surface area contributed by atoms with Gasteiger partial charge in [0.15, 0.2) is 0 Å². The summed E-state index contributed by atoms with van der Waals surface area (Å²) in [5, 5.41) is 12.4. The maximum atomic E-state index is 12.4. The second-order valence-corrected chi connectivity index (χ2v) is 19.9. The number of aromatic nitrogens is 3. The van der Waals surface area contributed by atoms with Crippen LogP contribution < -0.4 is 0 Å². The minimum absolute atomic E-state index is 0. The van der Waals surface area contributed by atoms with Crippen molar-refractivity contribution in [3.63, 3.8) is 0 Å². The number of nitrogens with zero attached hydrogens (tertiary/aromatic N) is 3.